The van der Waals surface area contributed by atoms with E-state index in [0.29, 0.717) is 10.7 Å². The maximum Gasteiger partial charge on any atom is 0.238 e. The maximum atomic E-state index is 12.8. The van der Waals surface area contributed by atoms with Crippen molar-refractivity contribution in [3.63, 3.8) is 0 Å². The molecule has 4 rings (SSSR count). The molecule has 1 atom stereocenters. The zero-order valence-electron chi connectivity index (χ0n) is 14.6. The number of hydrogen-bond acceptors (Lipinski definition) is 3. The van der Waals surface area contributed by atoms with Gasteiger partial charge in [0.25, 0.3) is 0 Å². The normalized spacial score (nSPS) is 16.0. The Bertz CT molecular complexity index is 1010. The van der Waals surface area contributed by atoms with E-state index in [-0.39, 0.29) is 5.91 Å². The van der Waals surface area contributed by atoms with Crippen LogP contribution in [0.2, 0.25) is 5.02 Å². The molecular weight excluding hydrogens is 360 g/mol. The van der Waals surface area contributed by atoms with Crippen LogP contribution < -0.4 is 10.1 Å². The Labute approximate surface area is 162 Å². The van der Waals surface area contributed by atoms with Gasteiger partial charge in [0.15, 0.2) is 0 Å². The Morgan fingerprint density at radius 3 is 2.48 bits per heavy atom. The van der Waals surface area contributed by atoms with Gasteiger partial charge in [-0.2, -0.15) is 0 Å². The Hall–Kier alpha value is -3.11. The average molecular weight is 377 g/mol. The summed E-state index contributed by atoms with van der Waals surface area (Å²) < 4.78 is 5.21. The van der Waals surface area contributed by atoms with Crippen LogP contribution in [-0.4, -0.2) is 18.7 Å². The molecule has 0 saturated heterocycles. The highest BCUT2D eigenvalue weighted by molar-refractivity contribution is 6.31. The lowest BCUT2D eigenvalue weighted by Gasteiger charge is -2.14. The summed E-state index contributed by atoms with van der Waals surface area (Å²) >= 11 is 6.08. The minimum atomic E-state index is -0.498. The number of ether oxygens (including phenoxy) is 1. The number of carbonyl (C=O) groups excluding carboxylic acids is 1. The van der Waals surface area contributed by atoms with Gasteiger partial charge in [-0.1, -0.05) is 48.0 Å². The fraction of sp³-hybridized carbons (Fsp3) is 0.0909. The molecule has 0 saturated carbocycles. The molecule has 0 fully saturated rings. The van der Waals surface area contributed by atoms with Crippen molar-refractivity contribution < 1.29 is 9.53 Å². The summed E-state index contributed by atoms with van der Waals surface area (Å²) in [6.45, 7) is 0. The number of anilines is 1. The van der Waals surface area contributed by atoms with Crippen LogP contribution in [0.3, 0.4) is 0 Å². The summed E-state index contributed by atoms with van der Waals surface area (Å²) in [5.41, 5.74) is 3.96. The second-order valence-electron chi connectivity index (χ2n) is 6.21. The summed E-state index contributed by atoms with van der Waals surface area (Å²) in [6, 6.07) is 22.6. The van der Waals surface area contributed by atoms with Crippen molar-refractivity contribution in [2.24, 2.45) is 4.99 Å². The molecule has 1 amide bonds. The van der Waals surface area contributed by atoms with Crippen molar-refractivity contribution in [1.29, 1.82) is 0 Å². The number of benzene rings is 3. The first kappa shape index (κ1) is 17.3. The van der Waals surface area contributed by atoms with Crippen molar-refractivity contribution in [2.75, 3.05) is 12.4 Å². The molecule has 1 aliphatic rings. The Morgan fingerprint density at radius 1 is 1.04 bits per heavy atom. The molecule has 3 aromatic rings. The van der Waals surface area contributed by atoms with E-state index in [2.05, 4.69) is 5.32 Å². The SMILES string of the molecule is COc1ccc(N=C(c2ccccc2)C2C(=O)Nc3cc(Cl)ccc32)cc1. The number of halogens is 1. The van der Waals surface area contributed by atoms with Gasteiger partial charge in [-0.3, -0.25) is 9.79 Å². The fourth-order valence-corrected chi connectivity index (χ4v) is 3.38. The van der Waals surface area contributed by atoms with Crippen molar-refractivity contribution in [1.82, 2.24) is 0 Å². The zero-order valence-corrected chi connectivity index (χ0v) is 15.4. The third-order valence-corrected chi connectivity index (χ3v) is 4.75. The summed E-state index contributed by atoms with van der Waals surface area (Å²) in [5.74, 6) is 0.152. The van der Waals surface area contributed by atoms with Crippen LogP contribution in [0, 0.1) is 0 Å². The lowest BCUT2D eigenvalue weighted by atomic mass is 9.90. The molecule has 1 unspecified atom stereocenters. The summed E-state index contributed by atoms with van der Waals surface area (Å²) in [7, 11) is 1.62. The zero-order chi connectivity index (χ0) is 18.8. The highest BCUT2D eigenvalue weighted by Crippen LogP contribution is 2.37. The first-order valence-corrected chi connectivity index (χ1v) is 8.92. The summed E-state index contributed by atoms with van der Waals surface area (Å²) in [4.78, 5) is 17.6. The summed E-state index contributed by atoms with van der Waals surface area (Å²) in [5, 5.41) is 3.50. The van der Waals surface area contributed by atoms with E-state index in [0.717, 1.165) is 28.3 Å². The monoisotopic (exact) mass is 376 g/mol. The van der Waals surface area contributed by atoms with Gasteiger partial charge in [0, 0.05) is 10.7 Å². The number of nitrogens with one attached hydrogen (secondary N) is 1. The first-order valence-electron chi connectivity index (χ1n) is 8.54. The van der Waals surface area contributed by atoms with Gasteiger partial charge in [-0.15, -0.1) is 0 Å². The lowest BCUT2D eigenvalue weighted by molar-refractivity contribution is -0.115. The van der Waals surface area contributed by atoms with Gasteiger partial charge in [0.05, 0.1) is 18.5 Å². The third kappa shape index (κ3) is 3.44. The molecule has 0 bridgehead atoms. The molecule has 0 aromatic heterocycles. The quantitative estimate of drug-likeness (QED) is 0.636. The van der Waals surface area contributed by atoms with Crippen molar-refractivity contribution in [3.8, 4) is 5.75 Å². The summed E-state index contributed by atoms with van der Waals surface area (Å²) in [6.07, 6.45) is 0. The van der Waals surface area contributed by atoms with E-state index in [4.69, 9.17) is 21.3 Å². The molecule has 1 aliphatic heterocycles. The number of methoxy groups -OCH3 is 1. The van der Waals surface area contributed by atoms with Gasteiger partial charge in [-0.25, -0.2) is 0 Å². The minimum absolute atomic E-state index is 0.108. The van der Waals surface area contributed by atoms with E-state index in [1.165, 1.54) is 0 Å². The van der Waals surface area contributed by atoms with Crippen LogP contribution in [0.4, 0.5) is 11.4 Å². The highest BCUT2D eigenvalue weighted by atomic mass is 35.5. The number of hydrogen-bond donors (Lipinski definition) is 1. The van der Waals surface area contributed by atoms with Crippen LogP contribution in [-0.2, 0) is 4.79 Å². The van der Waals surface area contributed by atoms with Gasteiger partial charge < -0.3 is 10.1 Å². The van der Waals surface area contributed by atoms with Crippen LogP contribution in [0.1, 0.15) is 17.0 Å². The number of carbonyl (C=O) groups is 1. The van der Waals surface area contributed by atoms with Crippen molar-refractivity contribution in [2.45, 2.75) is 5.92 Å². The molecule has 0 radical (unpaired) electrons. The van der Waals surface area contributed by atoms with E-state index < -0.39 is 5.92 Å². The maximum absolute atomic E-state index is 12.8. The van der Waals surface area contributed by atoms with E-state index in [1.807, 2.05) is 60.7 Å². The molecule has 4 nitrogen and oxygen atoms in total. The Balaban J connectivity index is 1.84. The van der Waals surface area contributed by atoms with E-state index >= 15 is 0 Å². The van der Waals surface area contributed by atoms with Crippen molar-refractivity contribution >= 4 is 34.6 Å². The predicted molar refractivity (Wildman–Crippen MR) is 108 cm³/mol. The minimum Gasteiger partial charge on any atom is -0.497 e. The van der Waals surface area contributed by atoms with Crippen LogP contribution in [0.5, 0.6) is 5.75 Å². The first-order chi connectivity index (χ1) is 13.2. The van der Waals surface area contributed by atoms with Gasteiger partial charge >= 0.3 is 0 Å². The van der Waals surface area contributed by atoms with Crippen molar-refractivity contribution in [3.05, 3.63) is 88.9 Å². The Kier molecular flexibility index (Phi) is 4.65. The molecule has 27 heavy (non-hydrogen) atoms. The third-order valence-electron chi connectivity index (χ3n) is 4.51. The van der Waals surface area contributed by atoms with Crippen LogP contribution >= 0.6 is 11.6 Å². The molecule has 0 aliphatic carbocycles. The highest BCUT2D eigenvalue weighted by Gasteiger charge is 2.35. The average Bonchev–Trinajstić information content (AvgIpc) is 3.02. The van der Waals surface area contributed by atoms with Gasteiger partial charge in [-0.05, 0) is 47.5 Å². The van der Waals surface area contributed by atoms with Gasteiger partial charge in [0.1, 0.15) is 11.7 Å². The lowest BCUT2D eigenvalue weighted by Crippen LogP contribution is -2.21. The number of amides is 1. The molecule has 1 heterocycles. The number of aliphatic imine (C=N–C) groups is 1. The largest absolute Gasteiger partial charge is 0.497 e. The molecule has 1 N–H and O–H groups in total. The Morgan fingerprint density at radius 2 is 1.78 bits per heavy atom. The molecule has 3 aromatic carbocycles. The number of nitrogens with zero attached hydrogens (tertiary/aromatic N) is 1. The predicted octanol–water partition coefficient (Wildman–Crippen LogP) is 5.21. The smallest absolute Gasteiger partial charge is 0.238 e. The number of rotatable bonds is 4. The molecule has 5 heteroatoms. The van der Waals surface area contributed by atoms with Crippen LogP contribution in [0.15, 0.2) is 77.8 Å². The number of fused-ring (bicyclic) bond motifs is 1. The molecule has 0 spiro atoms. The molecular formula is C22H17ClN2O2. The molecule has 134 valence electrons. The second kappa shape index (κ2) is 7.25. The fourth-order valence-electron chi connectivity index (χ4n) is 3.21. The van der Waals surface area contributed by atoms with Gasteiger partial charge in [0.2, 0.25) is 5.91 Å². The van der Waals surface area contributed by atoms with E-state index in [9.17, 15) is 4.79 Å². The van der Waals surface area contributed by atoms with E-state index in [1.54, 1.807) is 19.2 Å². The second-order valence-corrected chi connectivity index (χ2v) is 6.65. The topological polar surface area (TPSA) is 50.7 Å². The van der Waals surface area contributed by atoms with Crippen LogP contribution in [0.25, 0.3) is 0 Å². The standard InChI is InChI=1S/C22H17ClN2O2/c1-27-17-10-8-16(9-11-17)24-21(14-5-3-2-4-6-14)20-18-12-7-15(23)13-19(18)25-22(20)26/h2-13,20H,1H3,(H,25,26).